The monoisotopic (exact) mass is 417 g/mol. The average molecular weight is 418 g/mol. The van der Waals surface area contributed by atoms with E-state index in [2.05, 4.69) is 29.6 Å². The van der Waals surface area contributed by atoms with Crippen molar-refractivity contribution >= 4 is 5.82 Å². The summed E-state index contributed by atoms with van der Waals surface area (Å²) in [7, 11) is 0. The predicted molar refractivity (Wildman–Crippen MR) is 120 cm³/mol. The number of fused-ring (bicyclic) bond motifs is 3. The van der Waals surface area contributed by atoms with Crippen LogP contribution in [0.4, 0.5) is 10.2 Å². The van der Waals surface area contributed by atoms with Crippen LogP contribution in [0.1, 0.15) is 48.2 Å². The third-order valence-corrected chi connectivity index (χ3v) is 6.55. The Bertz CT molecular complexity index is 1060. The molecule has 1 fully saturated rings. The second-order valence-corrected chi connectivity index (χ2v) is 8.82. The van der Waals surface area contributed by atoms with Crippen molar-refractivity contribution in [3.63, 3.8) is 0 Å². The topological polar surface area (TPSA) is 58.0 Å². The summed E-state index contributed by atoms with van der Waals surface area (Å²) >= 11 is 0. The number of aliphatic hydroxyl groups is 1. The molecule has 0 aliphatic heterocycles. The molecule has 160 valence electrons. The number of benzene rings is 2. The summed E-state index contributed by atoms with van der Waals surface area (Å²) in [5.74, 6) is 1.05. The van der Waals surface area contributed by atoms with Gasteiger partial charge in [-0.1, -0.05) is 62.1 Å². The molecule has 2 aliphatic rings. The smallest absolute Gasteiger partial charge is 0.150 e. The van der Waals surface area contributed by atoms with Gasteiger partial charge in [0.05, 0.1) is 17.1 Å². The maximum absolute atomic E-state index is 13.2. The van der Waals surface area contributed by atoms with E-state index >= 15 is 0 Å². The lowest BCUT2D eigenvalue weighted by Gasteiger charge is -2.23. The molecule has 1 aromatic heterocycles. The highest BCUT2D eigenvalue weighted by molar-refractivity contribution is 5.69. The van der Waals surface area contributed by atoms with E-state index in [1.54, 1.807) is 12.1 Å². The summed E-state index contributed by atoms with van der Waals surface area (Å²) in [4.78, 5) is 10.1. The van der Waals surface area contributed by atoms with Crippen molar-refractivity contribution in [2.45, 2.75) is 57.6 Å². The number of aromatic nitrogens is 2. The van der Waals surface area contributed by atoms with E-state index in [9.17, 15) is 9.50 Å². The lowest BCUT2D eigenvalue weighted by molar-refractivity contribution is 0.203. The maximum atomic E-state index is 13.2. The Labute approximate surface area is 182 Å². The molecule has 2 aromatic carbocycles. The second-order valence-electron chi connectivity index (χ2n) is 8.82. The number of aryl methyl sites for hydroxylation is 2. The molecule has 1 atom stereocenters. The van der Waals surface area contributed by atoms with Gasteiger partial charge in [0.1, 0.15) is 17.9 Å². The Balaban J connectivity index is 1.44. The molecule has 4 nitrogen and oxygen atoms in total. The van der Waals surface area contributed by atoms with Gasteiger partial charge >= 0.3 is 0 Å². The average Bonchev–Trinajstić information content (AvgIpc) is 3.29. The highest BCUT2D eigenvalue weighted by Crippen LogP contribution is 2.35. The van der Waals surface area contributed by atoms with Gasteiger partial charge < -0.3 is 10.4 Å². The molecule has 3 aromatic rings. The molecular formula is C26H28FN3O. The van der Waals surface area contributed by atoms with E-state index in [4.69, 9.17) is 9.97 Å². The van der Waals surface area contributed by atoms with Crippen LogP contribution in [0.2, 0.25) is 0 Å². The number of rotatable bonds is 6. The van der Waals surface area contributed by atoms with Crippen molar-refractivity contribution in [3.8, 4) is 11.3 Å². The number of halogens is 1. The Morgan fingerprint density at radius 2 is 1.77 bits per heavy atom. The van der Waals surface area contributed by atoms with Crippen LogP contribution in [0.5, 0.6) is 0 Å². The highest BCUT2D eigenvalue weighted by atomic mass is 19.1. The zero-order chi connectivity index (χ0) is 21.2. The van der Waals surface area contributed by atoms with Gasteiger partial charge in [0.2, 0.25) is 0 Å². The lowest BCUT2D eigenvalue weighted by Crippen LogP contribution is -2.25. The van der Waals surface area contributed by atoms with Crippen molar-refractivity contribution in [2.75, 3.05) is 5.32 Å². The van der Waals surface area contributed by atoms with Crippen LogP contribution in [0.3, 0.4) is 0 Å². The normalized spacial score (nSPS) is 16.6. The molecule has 0 amide bonds. The number of hydrogen-bond acceptors (Lipinski definition) is 4. The molecule has 0 saturated heterocycles. The van der Waals surface area contributed by atoms with Gasteiger partial charge in [-0.25, -0.2) is 14.4 Å². The molecule has 5 rings (SSSR count). The van der Waals surface area contributed by atoms with Crippen molar-refractivity contribution in [3.05, 3.63) is 76.9 Å². The first kappa shape index (κ1) is 20.1. The molecule has 31 heavy (non-hydrogen) atoms. The van der Waals surface area contributed by atoms with E-state index in [-0.39, 0.29) is 5.82 Å². The Kier molecular flexibility index (Phi) is 5.68. The molecule has 1 unspecified atom stereocenters. The fraction of sp³-hybridized carbons (Fsp3) is 0.385. The standard InChI is InChI=1S/C26H28FN3O/c27-20-12-9-18(10-13-20)16-24(31)30-26-23(15-17-5-1-2-6-17)28-25-21-8-4-3-7-19(21)11-14-22(25)29-26/h3-4,7-10,12-13,17,24,31H,1-2,5-6,11,14-16H2,(H,29,30). The van der Waals surface area contributed by atoms with E-state index < -0.39 is 6.23 Å². The van der Waals surface area contributed by atoms with Crippen LogP contribution in [-0.2, 0) is 25.7 Å². The summed E-state index contributed by atoms with van der Waals surface area (Å²) in [5.41, 5.74) is 6.31. The van der Waals surface area contributed by atoms with Crippen LogP contribution in [-0.4, -0.2) is 21.3 Å². The van der Waals surface area contributed by atoms with E-state index in [1.807, 2.05) is 0 Å². The summed E-state index contributed by atoms with van der Waals surface area (Å²) in [6.45, 7) is 0. The molecule has 1 saturated carbocycles. The fourth-order valence-electron chi connectivity index (χ4n) is 4.92. The first-order valence-electron chi connectivity index (χ1n) is 11.3. The third-order valence-electron chi connectivity index (χ3n) is 6.55. The summed E-state index contributed by atoms with van der Waals surface area (Å²) in [5, 5.41) is 13.9. The van der Waals surface area contributed by atoms with Gasteiger partial charge in [0.15, 0.2) is 0 Å². The second kappa shape index (κ2) is 8.75. The first-order valence-corrected chi connectivity index (χ1v) is 11.3. The van der Waals surface area contributed by atoms with E-state index in [0.29, 0.717) is 18.2 Å². The Morgan fingerprint density at radius 1 is 1.00 bits per heavy atom. The molecule has 0 spiro atoms. The minimum absolute atomic E-state index is 0.272. The Hall–Kier alpha value is -2.79. The van der Waals surface area contributed by atoms with Crippen molar-refractivity contribution < 1.29 is 9.50 Å². The molecule has 2 aliphatic carbocycles. The van der Waals surface area contributed by atoms with Crippen LogP contribution < -0.4 is 5.32 Å². The summed E-state index contributed by atoms with van der Waals surface area (Å²) < 4.78 is 13.2. The van der Waals surface area contributed by atoms with Gasteiger partial charge in [0, 0.05) is 12.0 Å². The minimum Gasteiger partial charge on any atom is -0.373 e. The number of hydrogen-bond donors (Lipinski definition) is 2. The number of nitrogens with zero attached hydrogens (tertiary/aromatic N) is 2. The molecule has 1 heterocycles. The molecule has 2 N–H and O–H groups in total. The first-order chi connectivity index (χ1) is 15.2. The summed E-state index contributed by atoms with van der Waals surface area (Å²) in [6.07, 6.45) is 7.28. The SMILES string of the molecule is OC(Cc1ccc(F)cc1)Nc1nc2c(nc1CC1CCCC1)-c1ccccc1CC2. The van der Waals surface area contributed by atoms with Gasteiger partial charge in [-0.15, -0.1) is 0 Å². The van der Waals surface area contributed by atoms with Crippen LogP contribution >= 0.6 is 0 Å². The number of nitrogens with one attached hydrogen (secondary N) is 1. The van der Waals surface area contributed by atoms with E-state index in [0.717, 1.165) is 41.9 Å². The number of aliphatic hydroxyl groups excluding tert-OH is 1. The molecule has 0 radical (unpaired) electrons. The quantitative estimate of drug-likeness (QED) is 0.549. The van der Waals surface area contributed by atoms with Gasteiger partial charge in [-0.3, -0.25) is 0 Å². The number of anilines is 1. The maximum Gasteiger partial charge on any atom is 0.150 e. The zero-order valence-electron chi connectivity index (χ0n) is 17.6. The molecule has 0 bridgehead atoms. The van der Waals surface area contributed by atoms with Crippen molar-refractivity contribution in [1.29, 1.82) is 0 Å². The zero-order valence-corrected chi connectivity index (χ0v) is 17.6. The predicted octanol–water partition coefficient (Wildman–Crippen LogP) is 5.09. The summed E-state index contributed by atoms with van der Waals surface area (Å²) in [6, 6.07) is 14.7. The van der Waals surface area contributed by atoms with E-state index in [1.165, 1.54) is 48.9 Å². The fourth-order valence-corrected chi connectivity index (χ4v) is 4.92. The largest absolute Gasteiger partial charge is 0.373 e. The Morgan fingerprint density at radius 3 is 2.58 bits per heavy atom. The van der Waals surface area contributed by atoms with Crippen LogP contribution in [0, 0.1) is 11.7 Å². The lowest BCUT2D eigenvalue weighted by atomic mass is 9.91. The van der Waals surface area contributed by atoms with Crippen LogP contribution in [0.25, 0.3) is 11.3 Å². The van der Waals surface area contributed by atoms with Crippen LogP contribution in [0.15, 0.2) is 48.5 Å². The molecule has 5 heteroatoms. The highest BCUT2D eigenvalue weighted by Gasteiger charge is 2.25. The van der Waals surface area contributed by atoms with Gasteiger partial charge in [0.25, 0.3) is 0 Å². The van der Waals surface area contributed by atoms with Gasteiger partial charge in [-0.2, -0.15) is 0 Å². The van der Waals surface area contributed by atoms with Crippen molar-refractivity contribution in [1.82, 2.24) is 9.97 Å². The minimum atomic E-state index is -0.809. The van der Waals surface area contributed by atoms with Crippen molar-refractivity contribution in [2.24, 2.45) is 5.92 Å². The van der Waals surface area contributed by atoms with Gasteiger partial charge in [-0.05, 0) is 48.4 Å². The molecular weight excluding hydrogens is 389 g/mol. The third kappa shape index (κ3) is 4.47.